The number of nitrogens with zero attached hydrogens (tertiary/aromatic N) is 5. The van der Waals surface area contributed by atoms with E-state index in [0.717, 1.165) is 0 Å². The van der Waals surface area contributed by atoms with Crippen LogP contribution in [0.4, 0.5) is 0 Å². The molecule has 0 unspecified atom stereocenters. The van der Waals surface area contributed by atoms with Gasteiger partial charge in [0.2, 0.25) is 11.0 Å². The van der Waals surface area contributed by atoms with Crippen molar-refractivity contribution < 1.29 is 4.42 Å². The Morgan fingerprint density at radius 3 is 2.88 bits per heavy atom. The van der Waals surface area contributed by atoms with Crippen molar-refractivity contribution >= 4 is 34.3 Å². The van der Waals surface area contributed by atoms with Crippen LogP contribution in [0, 0.1) is 11.3 Å². The highest BCUT2D eigenvalue weighted by Gasteiger charge is 2.16. The zero-order valence-electron chi connectivity index (χ0n) is 12.5. The van der Waals surface area contributed by atoms with E-state index in [0.29, 0.717) is 43.3 Å². The molecule has 4 rings (SSSR count). The molecular weight excluding hydrogens is 360 g/mol. The van der Waals surface area contributed by atoms with Gasteiger partial charge in [0.15, 0.2) is 5.76 Å². The van der Waals surface area contributed by atoms with Gasteiger partial charge in [-0.2, -0.15) is 5.26 Å². The standard InChI is InChI=1S/C16H9ClN6OS/c17-10-3-4-12-11(7-10)9(8-18)6-14(20-12)25-16-22-21-15(23(16)19)13-2-1-5-24-13/h1-7H,19H2. The van der Waals surface area contributed by atoms with Crippen LogP contribution in [-0.2, 0) is 0 Å². The van der Waals surface area contributed by atoms with Crippen LogP contribution in [0.1, 0.15) is 5.56 Å². The number of furan rings is 1. The minimum atomic E-state index is 0.403. The lowest BCUT2D eigenvalue weighted by Gasteiger charge is -2.05. The van der Waals surface area contributed by atoms with Crippen LogP contribution in [0.15, 0.2) is 57.3 Å². The number of fused-ring (bicyclic) bond motifs is 1. The zero-order chi connectivity index (χ0) is 17.4. The number of hydrogen-bond acceptors (Lipinski definition) is 7. The van der Waals surface area contributed by atoms with E-state index in [1.54, 1.807) is 36.4 Å². The number of nitrogens with two attached hydrogens (primary N) is 1. The van der Waals surface area contributed by atoms with Gasteiger partial charge in [-0.05, 0) is 48.2 Å². The molecule has 7 nitrogen and oxygen atoms in total. The predicted octanol–water partition coefficient (Wildman–Crippen LogP) is 3.48. The second-order valence-electron chi connectivity index (χ2n) is 5.04. The first kappa shape index (κ1) is 15.5. The van der Waals surface area contributed by atoms with Crippen LogP contribution >= 0.6 is 23.4 Å². The molecule has 0 bridgehead atoms. The summed E-state index contributed by atoms with van der Waals surface area (Å²) in [5.41, 5.74) is 1.14. The Hall–Kier alpha value is -3.02. The number of rotatable bonds is 3. The quantitative estimate of drug-likeness (QED) is 0.551. The molecule has 0 amide bonds. The van der Waals surface area contributed by atoms with Gasteiger partial charge < -0.3 is 10.3 Å². The Balaban J connectivity index is 1.74. The Morgan fingerprint density at radius 2 is 2.12 bits per heavy atom. The van der Waals surface area contributed by atoms with Crippen molar-refractivity contribution in [3.05, 3.63) is 53.2 Å². The minimum absolute atomic E-state index is 0.403. The van der Waals surface area contributed by atoms with Crippen molar-refractivity contribution in [1.82, 2.24) is 19.9 Å². The van der Waals surface area contributed by atoms with E-state index in [1.807, 2.05) is 0 Å². The molecule has 1 aromatic carbocycles. The first-order chi connectivity index (χ1) is 12.2. The second-order valence-corrected chi connectivity index (χ2v) is 6.46. The minimum Gasteiger partial charge on any atom is -0.461 e. The monoisotopic (exact) mass is 368 g/mol. The Bertz CT molecular complexity index is 1120. The van der Waals surface area contributed by atoms with Gasteiger partial charge in [-0.15, -0.1) is 10.2 Å². The molecule has 0 aliphatic rings. The highest BCUT2D eigenvalue weighted by atomic mass is 35.5. The van der Waals surface area contributed by atoms with Gasteiger partial charge in [-0.25, -0.2) is 9.66 Å². The molecule has 0 radical (unpaired) electrons. The predicted molar refractivity (Wildman–Crippen MR) is 93.5 cm³/mol. The molecule has 0 aliphatic heterocycles. The normalized spacial score (nSPS) is 10.9. The molecular formula is C16H9ClN6OS. The van der Waals surface area contributed by atoms with Crippen molar-refractivity contribution in [3.8, 4) is 17.7 Å². The third-order valence-corrected chi connectivity index (χ3v) is 4.58. The number of halogens is 1. The number of pyridine rings is 1. The van der Waals surface area contributed by atoms with E-state index < -0.39 is 0 Å². The molecule has 9 heteroatoms. The molecule has 0 saturated heterocycles. The number of nitriles is 1. The maximum Gasteiger partial charge on any atom is 0.218 e. The molecule has 0 atom stereocenters. The number of hydrogen-bond donors (Lipinski definition) is 1. The maximum atomic E-state index is 9.40. The fourth-order valence-electron chi connectivity index (χ4n) is 2.33. The summed E-state index contributed by atoms with van der Waals surface area (Å²) < 4.78 is 6.61. The lowest BCUT2D eigenvalue weighted by atomic mass is 10.1. The van der Waals surface area contributed by atoms with E-state index in [2.05, 4.69) is 21.3 Å². The number of benzene rings is 1. The highest BCUT2D eigenvalue weighted by Crippen LogP contribution is 2.30. The fraction of sp³-hybridized carbons (Fsp3) is 0. The average Bonchev–Trinajstić information content (AvgIpc) is 3.25. The second kappa shape index (κ2) is 6.12. The summed E-state index contributed by atoms with van der Waals surface area (Å²) in [5.74, 6) is 6.96. The summed E-state index contributed by atoms with van der Waals surface area (Å²) in [7, 11) is 0. The van der Waals surface area contributed by atoms with Gasteiger partial charge in [-0.3, -0.25) is 0 Å². The van der Waals surface area contributed by atoms with Crippen LogP contribution < -0.4 is 5.84 Å². The van der Waals surface area contributed by atoms with Gasteiger partial charge >= 0.3 is 0 Å². The van der Waals surface area contributed by atoms with Crippen LogP contribution in [0.25, 0.3) is 22.5 Å². The summed E-state index contributed by atoms with van der Waals surface area (Å²) in [4.78, 5) is 4.53. The molecule has 4 aromatic rings. The Kier molecular flexibility index (Phi) is 3.80. The molecule has 122 valence electrons. The van der Waals surface area contributed by atoms with Crippen molar-refractivity contribution in [1.29, 1.82) is 5.26 Å². The van der Waals surface area contributed by atoms with Crippen molar-refractivity contribution in [2.45, 2.75) is 10.2 Å². The molecule has 0 saturated carbocycles. The largest absolute Gasteiger partial charge is 0.461 e. The average molecular weight is 369 g/mol. The van der Waals surface area contributed by atoms with E-state index in [4.69, 9.17) is 21.9 Å². The molecule has 25 heavy (non-hydrogen) atoms. The summed E-state index contributed by atoms with van der Waals surface area (Å²) in [5, 5.41) is 19.8. The highest BCUT2D eigenvalue weighted by molar-refractivity contribution is 7.99. The third-order valence-electron chi connectivity index (χ3n) is 3.47. The van der Waals surface area contributed by atoms with Gasteiger partial charge in [0.1, 0.15) is 5.03 Å². The zero-order valence-corrected chi connectivity index (χ0v) is 14.1. The van der Waals surface area contributed by atoms with Crippen molar-refractivity contribution in [2.24, 2.45) is 0 Å². The summed E-state index contributed by atoms with van der Waals surface area (Å²) in [6.07, 6.45) is 1.53. The molecule has 2 N–H and O–H groups in total. The summed E-state index contributed by atoms with van der Waals surface area (Å²) in [6.45, 7) is 0. The van der Waals surface area contributed by atoms with Crippen LogP contribution in [0.5, 0.6) is 0 Å². The van der Waals surface area contributed by atoms with Crippen molar-refractivity contribution in [3.63, 3.8) is 0 Å². The topological polar surface area (TPSA) is 107 Å². The summed E-state index contributed by atoms with van der Waals surface area (Å²) >= 11 is 7.21. The first-order valence-electron chi connectivity index (χ1n) is 7.08. The van der Waals surface area contributed by atoms with Crippen LogP contribution in [-0.4, -0.2) is 19.9 Å². The molecule has 3 aromatic heterocycles. The number of aromatic nitrogens is 4. The Labute approximate surface area is 151 Å². The van der Waals surface area contributed by atoms with E-state index in [9.17, 15) is 5.26 Å². The Morgan fingerprint density at radius 1 is 1.24 bits per heavy atom. The lowest BCUT2D eigenvalue weighted by molar-refractivity contribution is 0.574. The maximum absolute atomic E-state index is 9.40. The SMILES string of the molecule is N#Cc1cc(Sc2nnc(-c3ccco3)n2N)nc2ccc(Cl)cc12. The summed E-state index contributed by atoms with van der Waals surface area (Å²) in [6, 6.07) is 12.5. The van der Waals surface area contributed by atoms with Gasteiger partial charge in [-0.1, -0.05) is 11.6 Å². The fourth-order valence-corrected chi connectivity index (χ4v) is 3.28. The van der Waals surface area contributed by atoms with E-state index in [-0.39, 0.29) is 0 Å². The molecule has 0 aliphatic carbocycles. The molecule has 0 spiro atoms. The van der Waals surface area contributed by atoms with E-state index in [1.165, 1.54) is 22.7 Å². The van der Waals surface area contributed by atoms with Crippen molar-refractivity contribution in [2.75, 3.05) is 5.84 Å². The van der Waals surface area contributed by atoms with Gasteiger partial charge in [0.05, 0.1) is 23.4 Å². The van der Waals surface area contributed by atoms with Crippen LogP contribution in [0.3, 0.4) is 0 Å². The number of nitrogen functional groups attached to an aromatic ring is 1. The lowest BCUT2D eigenvalue weighted by Crippen LogP contribution is -2.11. The first-order valence-corrected chi connectivity index (χ1v) is 8.28. The molecule has 0 fully saturated rings. The smallest absolute Gasteiger partial charge is 0.218 e. The van der Waals surface area contributed by atoms with Crippen LogP contribution in [0.2, 0.25) is 5.02 Å². The van der Waals surface area contributed by atoms with Gasteiger partial charge in [0.25, 0.3) is 0 Å². The molecule has 3 heterocycles. The van der Waals surface area contributed by atoms with E-state index >= 15 is 0 Å². The van der Waals surface area contributed by atoms with Gasteiger partial charge in [0, 0.05) is 10.4 Å². The third kappa shape index (κ3) is 2.80.